The Hall–Kier alpha value is -1.62. The molecular formula is C15H14BrF2NO. The van der Waals surface area contributed by atoms with E-state index in [4.69, 9.17) is 0 Å². The quantitative estimate of drug-likeness (QED) is 0.828. The molecule has 20 heavy (non-hydrogen) atoms. The molecular weight excluding hydrogens is 328 g/mol. The van der Waals surface area contributed by atoms with Crippen LogP contribution in [0.1, 0.15) is 11.1 Å². The second-order valence-corrected chi connectivity index (χ2v) is 5.21. The predicted octanol–water partition coefficient (Wildman–Crippen LogP) is 4.97. The third-order valence-electron chi connectivity index (χ3n) is 2.85. The van der Waals surface area contributed by atoms with E-state index in [0.29, 0.717) is 12.1 Å². The van der Waals surface area contributed by atoms with E-state index in [1.165, 1.54) is 6.07 Å². The zero-order chi connectivity index (χ0) is 14.5. The highest BCUT2D eigenvalue weighted by Crippen LogP contribution is 2.24. The summed E-state index contributed by atoms with van der Waals surface area (Å²) in [5.74, 6) is 0.199. The Balaban J connectivity index is 2.10. The van der Waals surface area contributed by atoms with Crippen LogP contribution in [0.3, 0.4) is 0 Å². The van der Waals surface area contributed by atoms with Crippen molar-refractivity contribution in [3.63, 3.8) is 0 Å². The molecule has 0 spiro atoms. The average Bonchev–Trinajstić information content (AvgIpc) is 2.39. The first-order chi connectivity index (χ1) is 9.56. The molecule has 2 nitrogen and oxygen atoms in total. The number of anilines is 1. The topological polar surface area (TPSA) is 21.3 Å². The highest BCUT2D eigenvalue weighted by molar-refractivity contribution is 9.10. The molecule has 5 heteroatoms. The van der Waals surface area contributed by atoms with Crippen LogP contribution in [0, 0.1) is 6.92 Å². The summed E-state index contributed by atoms with van der Waals surface area (Å²) in [6.45, 7) is -0.411. The molecule has 0 aliphatic rings. The number of hydrogen-bond donors (Lipinski definition) is 1. The van der Waals surface area contributed by atoms with Gasteiger partial charge in [-0.05, 0) is 36.8 Å². The molecule has 0 radical (unpaired) electrons. The summed E-state index contributed by atoms with van der Waals surface area (Å²) in [4.78, 5) is 0. The van der Waals surface area contributed by atoms with Gasteiger partial charge in [-0.3, -0.25) is 0 Å². The normalized spacial score (nSPS) is 10.7. The van der Waals surface area contributed by atoms with Gasteiger partial charge in [-0.2, -0.15) is 8.78 Å². The van der Waals surface area contributed by atoms with Crippen molar-refractivity contribution in [1.82, 2.24) is 0 Å². The van der Waals surface area contributed by atoms with Crippen LogP contribution in [0.25, 0.3) is 0 Å². The molecule has 1 N–H and O–H groups in total. The molecule has 0 bridgehead atoms. The summed E-state index contributed by atoms with van der Waals surface area (Å²) >= 11 is 3.40. The fraction of sp³-hybridized carbons (Fsp3) is 0.200. The summed E-state index contributed by atoms with van der Waals surface area (Å²) in [7, 11) is 0. The Morgan fingerprint density at radius 1 is 1.20 bits per heavy atom. The Bertz CT molecular complexity index is 590. The number of ether oxygens (including phenoxy) is 1. The third kappa shape index (κ3) is 3.93. The number of halogens is 3. The summed E-state index contributed by atoms with van der Waals surface area (Å²) in [6.07, 6.45) is 0. The minimum absolute atomic E-state index is 0.199. The molecule has 0 heterocycles. The zero-order valence-electron chi connectivity index (χ0n) is 10.9. The van der Waals surface area contributed by atoms with E-state index in [0.717, 1.165) is 15.7 Å². The fourth-order valence-corrected chi connectivity index (χ4v) is 2.35. The lowest BCUT2D eigenvalue weighted by Crippen LogP contribution is -2.07. The first-order valence-corrected chi connectivity index (χ1v) is 6.88. The van der Waals surface area contributed by atoms with E-state index in [2.05, 4.69) is 26.0 Å². The van der Waals surface area contributed by atoms with Crippen molar-refractivity contribution in [2.45, 2.75) is 20.1 Å². The smallest absolute Gasteiger partial charge is 0.387 e. The molecule has 0 atom stereocenters. The van der Waals surface area contributed by atoms with Gasteiger partial charge in [-0.1, -0.05) is 34.1 Å². The maximum absolute atomic E-state index is 12.3. The van der Waals surface area contributed by atoms with Crippen molar-refractivity contribution in [2.75, 3.05) is 5.32 Å². The third-order valence-corrected chi connectivity index (χ3v) is 3.34. The van der Waals surface area contributed by atoms with Gasteiger partial charge in [0.2, 0.25) is 0 Å². The van der Waals surface area contributed by atoms with Crippen LogP contribution >= 0.6 is 15.9 Å². The maximum Gasteiger partial charge on any atom is 0.387 e. The second kappa shape index (κ2) is 6.70. The predicted molar refractivity (Wildman–Crippen MR) is 79.3 cm³/mol. The number of para-hydroxylation sites is 1. The zero-order valence-corrected chi connectivity index (χ0v) is 12.5. The molecule has 2 aromatic rings. The highest BCUT2D eigenvalue weighted by atomic mass is 79.9. The minimum Gasteiger partial charge on any atom is -0.434 e. The van der Waals surface area contributed by atoms with Crippen molar-refractivity contribution in [1.29, 1.82) is 0 Å². The fourth-order valence-electron chi connectivity index (χ4n) is 1.88. The van der Waals surface area contributed by atoms with Crippen LogP contribution in [-0.4, -0.2) is 6.61 Å². The number of alkyl halides is 2. The first kappa shape index (κ1) is 14.8. The molecule has 2 aromatic carbocycles. The molecule has 106 valence electrons. The lowest BCUT2D eigenvalue weighted by molar-refractivity contribution is -0.0504. The molecule has 2 rings (SSSR count). The molecule has 0 aliphatic carbocycles. The number of nitrogens with one attached hydrogen (secondary N) is 1. The molecule has 0 aromatic heterocycles. The maximum atomic E-state index is 12.3. The van der Waals surface area contributed by atoms with Crippen molar-refractivity contribution in [3.8, 4) is 5.75 Å². The number of aryl methyl sites for hydroxylation is 1. The van der Waals surface area contributed by atoms with E-state index < -0.39 is 6.61 Å². The lowest BCUT2D eigenvalue weighted by atomic mass is 10.1. The summed E-state index contributed by atoms with van der Waals surface area (Å²) in [5, 5.41) is 3.22. The van der Waals surface area contributed by atoms with Gasteiger partial charge in [0.15, 0.2) is 0 Å². The van der Waals surface area contributed by atoms with Crippen molar-refractivity contribution in [3.05, 3.63) is 58.1 Å². The summed E-state index contributed by atoms with van der Waals surface area (Å²) in [5.41, 5.74) is 2.72. The van der Waals surface area contributed by atoms with Crippen LogP contribution in [0.15, 0.2) is 46.9 Å². The molecule has 0 unspecified atom stereocenters. The average molecular weight is 342 g/mol. The molecule has 0 saturated carbocycles. The van der Waals surface area contributed by atoms with Crippen LogP contribution in [0.4, 0.5) is 14.5 Å². The monoisotopic (exact) mass is 341 g/mol. The molecule has 0 fully saturated rings. The standard InChI is InChI=1S/C15H14BrF2NO/c1-10-8-12(16)6-7-13(10)19-9-11-4-2-3-5-14(11)20-15(17)18/h2-8,15,19H,9H2,1H3. The van der Waals surface area contributed by atoms with E-state index >= 15 is 0 Å². The van der Waals surface area contributed by atoms with Gasteiger partial charge >= 0.3 is 6.61 Å². The van der Waals surface area contributed by atoms with Crippen LogP contribution in [-0.2, 0) is 6.54 Å². The Kier molecular flexibility index (Phi) is 4.95. The van der Waals surface area contributed by atoms with Crippen LogP contribution in [0.5, 0.6) is 5.75 Å². The Morgan fingerprint density at radius 3 is 2.65 bits per heavy atom. The van der Waals surface area contributed by atoms with Crippen LogP contribution < -0.4 is 10.1 Å². The Morgan fingerprint density at radius 2 is 1.95 bits per heavy atom. The second-order valence-electron chi connectivity index (χ2n) is 4.30. The van der Waals surface area contributed by atoms with Crippen molar-refractivity contribution >= 4 is 21.6 Å². The van der Waals surface area contributed by atoms with Gasteiger partial charge in [-0.15, -0.1) is 0 Å². The van der Waals surface area contributed by atoms with Gasteiger partial charge in [0.25, 0.3) is 0 Å². The van der Waals surface area contributed by atoms with Crippen molar-refractivity contribution < 1.29 is 13.5 Å². The molecule has 0 aliphatic heterocycles. The number of benzene rings is 2. The largest absolute Gasteiger partial charge is 0.434 e. The number of hydrogen-bond acceptors (Lipinski definition) is 2. The Labute approximate surface area is 124 Å². The highest BCUT2D eigenvalue weighted by Gasteiger charge is 2.09. The van der Waals surface area contributed by atoms with Crippen LogP contribution in [0.2, 0.25) is 0 Å². The molecule has 0 amide bonds. The van der Waals surface area contributed by atoms with E-state index in [1.54, 1.807) is 18.2 Å². The van der Waals surface area contributed by atoms with E-state index in [1.807, 2.05) is 25.1 Å². The van der Waals surface area contributed by atoms with E-state index in [-0.39, 0.29) is 5.75 Å². The van der Waals surface area contributed by atoms with Gasteiger partial charge < -0.3 is 10.1 Å². The van der Waals surface area contributed by atoms with Gasteiger partial charge in [0.05, 0.1) is 0 Å². The minimum atomic E-state index is -2.81. The van der Waals surface area contributed by atoms with Gasteiger partial charge in [0.1, 0.15) is 5.75 Å². The molecule has 0 saturated heterocycles. The van der Waals surface area contributed by atoms with Crippen molar-refractivity contribution in [2.24, 2.45) is 0 Å². The summed E-state index contributed by atoms with van der Waals surface area (Å²) in [6, 6.07) is 12.6. The van der Waals surface area contributed by atoms with E-state index in [9.17, 15) is 8.78 Å². The summed E-state index contributed by atoms with van der Waals surface area (Å²) < 4.78 is 30.2. The first-order valence-electron chi connectivity index (χ1n) is 6.09. The van der Waals surface area contributed by atoms with Gasteiger partial charge in [0, 0.05) is 22.3 Å². The van der Waals surface area contributed by atoms with Gasteiger partial charge in [-0.25, -0.2) is 0 Å². The SMILES string of the molecule is Cc1cc(Br)ccc1NCc1ccccc1OC(F)F. The number of rotatable bonds is 5. The lowest BCUT2D eigenvalue weighted by Gasteiger charge is -2.13.